The number of fused-ring (bicyclic) bond motifs is 3. The molecule has 1 saturated carbocycles. The lowest BCUT2D eigenvalue weighted by atomic mass is 9.65. The first-order valence-corrected chi connectivity index (χ1v) is 12.2. The third kappa shape index (κ3) is 3.76. The van der Waals surface area contributed by atoms with E-state index in [1.807, 2.05) is 24.3 Å². The second kappa shape index (κ2) is 6.92. The van der Waals surface area contributed by atoms with Crippen LogP contribution in [-0.2, 0) is 10.0 Å². The molecule has 162 valence electrons. The minimum atomic E-state index is -3.77. The number of hydrogen-bond acceptors (Lipinski definition) is 5. The number of nitrogens with one attached hydrogen (secondary N) is 1. The van der Waals surface area contributed by atoms with Crippen molar-refractivity contribution in [3.63, 3.8) is 0 Å². The normalized spacial score (nSPS) is 25.0. The summed E-state index contributed by atoms with van der Waals surface area (Å²) in [5.41, 5.74) is 1.88. The Morgan fingerprint density at radius 3 is 2.29 bits per heavy atom. The van der Waals surface area contributed by atoms with Gasteiger partial charge >= 0.3 is 0 Å². The van der Waals surface area contributed by atoms with E-state index in [9.17, 15) is 8.42 Å². The quantitative estimate of drug-likeness (QED) is 0.634. The SMILES string of the molecule is CC1(C)C[C@H]2C[C@@](C)(CN2c2nc3ccccc3nc2NS(=O)(=O)c2ccccc2)C1. The summed E-state index contributed by atoms with van der Waals surface area (Å²) in [6, 6.07) is 16.3. The summed E-state index contributed by atoms with van der Waals surface area (Å²) >= 11 is 0. The fourth-order valence-corrected chi connectivity index (χ4v) is 6.78. The van der Waals surface area contributed by atoms with E-state index in [0.717, 1.165) is 31.3 Å². The molecule has 7 heteroatoms. The summed E-state index contributed by atoms with van der Waals surface area (Å²) in [5, 5.41) is 0. The van der Waals surface area contributed by atoms with Crippen molar-refractivity contribution in [3.8, 4) is 0 Å². The predicted molar refractivity (Wildman–Crippen MR) is 124 cm³/mol. The number of rotatable bonds is 4. The minimum Gasteiger partial charge on any atom is -0.350 e. The van der Waals surface area contributed by atoms with Gasteiger partial charge in [0.05, 0.1) is 15.9 Å². The molecule has 1 saturated heterocycles. The number of sulfonamides is 1. The summed E-state index contributed by atoms with van der Waals surface area (Å²) in [7, 11) is -3.77. The van der Waals surface area contributed by atoms with Crippen molar-refractivity contribution in [2.24, 2.45) is 10.8 Å². The van der Waals surface area contributed by atoms with Crippen molar-refractivity contribution in [1.29, 1.82) is 0 Å². The first-order chi connectivity index (χ1) is 14.6. The van der Waals surface area contributed by atoms with Crippen molar-refractivity contribution in [1.82, 2.24) is 9.97 Å². The van der Waals surface area contributed by atoms with Crippen molar-refractivity contribution in [2.45, 2.75) is 51.0 Å². The van der Waals surface area contributed by atoms with Crippen LogP contribution >= 0.6 is 0 Å². The number of hydrogen-bond donors (Lipinski definition) is 1. The van der Waals surface area contributed by atoms with Gasteiger partial charge in [0.25, 0.3) is 10.0 Å². The maximum Gasteiger partial charge on any atom is 0.263 e. The molecule has 1 aromatic heterocycles. The molecule has 2 aliphatic rings. The summed E-state index contributed by atoms with van der Waals surface area (Å²) in [6.07, 6.45) is 3.30. The highest BCUT2D eigenvalue weighted by molar-refractivity contribution is 7.92. The zero-order chi connectivity index (χ0) is 21.9. The van der Waals surface area contributed by atoms with Gasteiger partial charge in [-0.2, -0.15) is 0 Å². The smallest absolute Gasteiger partial charge is 0.263 e. The van der Waals surface area contributed by atoms with Gasteiger partial charge < -0.3 is 4.90 Å². The van der Waals surface area contributed by atoms with Crippen LogP contribution in [0, 0.1) is 10.8 Å². The van der Waals surface area contributed by atoms with E-state index in [0.29, 0.717) is 23.2 Å². The zero-order valence-corrected chi connectivity index (χ0v) is 19.0. The summed E-state index contributed by atoms with van der Waals surface area (Å²) in [4.78, 5) is 12.1. The minimum absolute atomic E-state index is 0.190. The highest BCUT2D eigenvalue weighted by atomic mass is 32.2. The van der Waals surface area contributed by atoms with E-state index in [4.69, 9.17) is 9.97 Å². The fraction of sp³-hybridized carbons (Fsp3) is 0.417. The lowest BCUT2D eigenvalue weighted by Gasteiger charge is -2.39. The maximum atomic E-state index is 13.1. The molecule has 0 unspecified atom stereocenters. The zero-order valence-electron chi connectivity index (χ0n) is 18.2. The van der Waals surface area contributed by atoms with E-state index in [-0.39, 0.29) is 15.7 Å². The summed E-state index contributed by atoms with van der Waals surface area (Å²) in [5.74, 6) is 0.932. The molecule has 31 heavy (non-hydrogen) atoms. The molecule has 6 nitrogen and oxygen atoms in total. The molecule has 2 aromatic carbocycles. The second-order valence-corrected chi connectivity index (χ2v) is 11.8. The van der Waals surface area contributed by atoms with Gasteiger partial charge in [0.15, 0.2) is 11.6 Å². The molecule has 0 radical (unpaired) electrons. The molecule has 3 aromatic rings. The average Bonchev–Trinajstić information content (AvgIpc) is 2.96. The van der Waals surface area contributed by atoms with Gasteiger partial charge in [-0.15, -0.1) is 0 Å². The second-order valence-electron chi connectivity index (χ2n) is 10.1. The number of anilines is 2. The van der Waals surface area contributed by atoms with E-state index in [2.05, 4.69) is 30.4 Å². The van der Waals surface area contributed by atoms with Gasteiger partial charge in [-0.25, -0.2) is 18.4 Å². The van der Waals surface area contributed by atoms with Gasteiger partial charge in [-0.3, -0.25) is 4.72 Å². The highest BCUT2D eigenvalue weighted by Crippen LogP contribution is 2.54. The van der Waals surface area contributed by atoms with Crippen LogP contribution in [0.1, 0.15) is 40.0 Å². The molecule has 0 spiro atoms. The van der Waals surface area contributed by atoms with Crippen molar-refractivity contribution in [3.05, 3.63) is 54.6 Å². The van der Waals surface area contributed by atoms with Gasteiger partial charge in [0.1, 0.15) is 0 Å². The molecule has 2 fully saturated rings. The van der Waals surface area contributed by atoms with Crippen LogP contribution in [0.4, 0.5) is 11.6 Å². The molecule has 1 N–H and O–H groups in total. The van der Waals surface area contributed by atoms with Crippen molar-refractivity contribution < 1.29 is 8.42 Å². The van der Waals surface area contributed by atoms with Crippen LogP contribution in [-0.4, -0.2) is 31.0 Å². The lowest BCUT2D eigenvalue weighted by Crippen LogP contribution is -2.35. The Morgan fingerprint density at radius 2 is 1.58 bits per heavy atom. The Balaban J connectivity index is 1.61. The first kappa shape index (κ1) is 20.2. The van der Waals surface area contributed by atoms with E-state index >= 15 is 0 Å². The van der Waals surface area contributed by atoms with Crippen molar-refractivity contribution in [2.75, 3.05) is 16.2 Å². The molecule has 2 heterocycles. The topological polar surface area (TPSA) is 75.2 Å². The molecule has 1 aliphatic heterocycles. The Bertz CT molecular complexity index is 1240. The third-order valence-corrected chi connectivity index (χ3v) is 7.88. The van der Waals surface area contributed by atoms with E-state index in [1.54, 1.807) is 30.3 Å². The third-order valence-electron chi connectivity index (χ3n) is 6.52. The number of benzene rings is 2. The van der Waals surface area contributed by atoms with Crippen LogP contribution < -0.4 is 9.62 Å². The molecule has 0 amide bonds. The van der Waals surface area contributed by atoms with Crippen molar-refractivity contribution >= 4 is 32.7 Å². The predicted octanol–water partition coefficient (Wildman–Crippen LogP) is 4.84. The largest absolute Gasteiger partial charge is 0.350 e. The van der Waals surface area contributed by atoms with Gasteiger partial charge in [0, 0.05) is 12.6 Å². The van der Waals surface area contributed by atoms with Gasteiger partial charge in [-0.05, 0) is 54.4 Å². The number of aromatic nitrogens is 2. The Morgan fingerprint density at radius 1 is 0.935 bits per heavy atom. The van der Waals surface area contributed by atoms with Crippen LogP contribution in [0.2, 0.25) is 0 Å². The molecular formula is C24H28N4O2S. The highest BCUT2D eigenvalue weighted by Gasteiger charge is 2.50. The monoisotopic (exact) mass is 436 g/mol. The Kier molecular flexibility index (Phi) is 4.52. The van der Waals surface area contributed by atoms with Crippen LogP contribution in [0.3, 0.4) is 0 Å². The summed E-state index contributed by atoms with van der Waals surface area (Å²) < 4.78 is 28.9. The van der Waals surface area contributed by atoms with E-state index < -0.39 is 10.0 Å². The van der Waals surface area contributed by atoms with Crippen LogP contribution in [0.25, 0.3) is 11.0 Å². The van der Waals surface area contributed by atoms with Gasteiger partial charge in [-0.1, -0.05) is 51.1 Å². The molecule has 1 aliphatic carbocycles. The van der Waals surface area contributed by atoms with Crippen LogP contribution in [0.5, 0.6) is 0 Å². The standard InChI is InChI=1S/C24H28N4O2S/c1-23(2)13-17-14-24(3,15-23)16-28(17)22-21(25-19-11-7-8-12-20(19)26-22)27-31(29,30)18-9-5-4-6-10-18/h4-12,17H,13-16H2,1-3H3,(H,25,27)/t17-,24+/m0/s1. The lowest BCUT2D eigenvalue weighted by molar-refractivity contribution is 0.136. The molecule has 2 bridgehead atoms. The maximum absolute atomic E-state index is 13.1. The summed E-state index contributed by atoms with van der Waals surface area (Å²) in [6.45, 7) is 7.84. The van der Waals surface area contributed by atoms with E-state index in [1.165, 1.54) is 0 Å². The molecule has 5 rings (SSSR count). The Labute approximate surface area is 183 Å². The Hall–Kier alpha value is -2.67. The first-order valence-electron chi connectivity index (χ1n) is 10.8. The van der Waals surface area contributed by atoms with Crippen LogP contribution in [0.15, 0.2) is 59.5 Å². The average molecular weight is 437 g/mol. The molecular weight excluding hydrogens is 408 g/mol. The van der Waals surface area contributed by atoms with Gasteiger partial charge in [0.2, 0.25) is 0 Å². The molecule has 2 atom stereocenters. The number of nitrogens with zero attached hydrogens (tertiary/aromatic N) is 3. The number of para-hydroxylation sites is 2. The fourth-order valence-electron chi connectivity index (χ4n) is 5.75.